The minimum Gasteiger partial charge on any atom is -0.396 e. The third-order valence-corrected chi connectivity index (χ3v) is 4.85. The molecule has 1 unspecified atom stereocenters. The molecule has 2 amide bonds. The van der Waals surface area contributed by atoms with Crippen LogP contribution in [0.25, 0.3) is 0 Å². The topological polar surface area (TPSA) is 52.6 Å². The van der Waals surface area contributed by atoms with E-state index in [-0.39, 0.29) is 24.5 Å². The highest BCUT2D eigenvalue weighted by Gasteiger charge is 2.26. The van der Waals surface area contributed by atoms with E-state index in [1.807, 2.05) is 11.2 Å². The van der Waals surface area contributed by atoms with Crippen LogP contribution in [0.5, 0.6) is 0 Å². The van der Waals surface area contributed by atoms with E-state index in [4.69, 9.17) is 5.11 Å². The number of halogens is 1. The van der Waals surface area contributed by atoms with Gasteiger partial charge < -0.3 is 15.3 Å². The Morgan fingerprint density at radius 1 is 1.43 bits per heavy atom. The van der Waals surface area contributed by atoms with Crippen LogP contribution in [-0.2, 0) is 12.3 Å². The lowest BCUT2D eigenvalue weighted by atomic mass is 10.00. The Balaban J connectivity index is 1.98. The molecule has 2 rings (SSSR count). The number of nitrogens with zero attached hydrogens (tertiary/aromatic N) is 1. The Morgan fingerprint density at radius 2 is 2.26 bits per heavy atom. The number of aliphatic hydroxyl groups is 1. The fourth-order valence-corrected chi connectivity index (χ4v) is 3.63. The van der Waals surface area contributed by atoms with E-state index in [1.54, 1.807) is 17.8 Å². The Hall–Kier alpha value is -1.27. The first-order valence-corrected chi connectivity index (χ1v) is 9.46. The number of likely N-dealkylation sites (tertiary alicyclic amines) is 1. The van der Waals surface area contributed by atoms with Gasteiger partial charge in [-0.25, -0.2) is 9.18 Å². The van der Waals surface area contributed by atoms with Crippen molar-refractivity contribution >= 4 is 17.8 Å². The van der Waals surface area contributed by atoms with E-state index in [0.29, 0.717) is 13.0 Å². The summed E-state index contributed by atoms with van der Waals surface area (Å²) in [6, 6.07) is 4.73. The molecule has 4 nitrogen and oxygen atoms in total. The van der Waals surface area contributed by atoms with Gasteiger partial charge in [-0.15, -0.1) is 0 Å². The number of aliphatic hydroxyl groups excluding tert-OH is 1. The monoisotopic (exact) mass is 340 g/mol. The summed E-state index contributed by atoms with van der Waals surface area (Å²) in [4.78, 5) is 14.3. The average molecular weight is 340 g/mol. The van der Waals surface area contributed by atoms with Gasteiger partial charge in [0.15, 0.2) is 0 Å². The van der Waals surface area contributed by atoms with Crippen LogP contribution >= 0.6 is 11.8 Å². The maximum atomic E-state index is 13.4. The molecule has 6 heteroatoms. The zero-order valence-corrected chi connectivity index (χ0v) is 14.4. The summed E-state index contributed by atoms with van der Waals surface area (Å²) in [7, 11) is 0. The van der Waals surface area contributed by atoms with Crippen LogP contribution in [0, 0.1) is 5.82 Å². The molecule has 1 atom stereocenters. The number of carbonyl (C=O) groups is 1. The van der Waals surface area contributed by atoms with Crippen molar-refractivity contribution in [3.63, 3.8) is 0 Å². The molecule has 0 aliphatic carbocycles. The maximum Gasteiger partial charge on any atom is 0.317 e. The fourth-order valence-electron chi connectivity index (χ4n) is 3.05. The highest BCUT2D eigenvalue weighted by Crippen LogP contribution is 2.20. The number of rotatable bonds is 6. The van der Waals surface area contributed by atoms with Crippen molar-refractivity contribution in [3.05, 3.63) is 35.1 Å². The summed E-state index contributed by atoms with van der Waals surface area (Å²) in [5.41, 5.74) is 1.87. The molecule has 1 heterocycles. The Morgan fingerprint density at radius 3 is 3.00 bits per heavy atom. The molecule has 128 valence electrons. The van der Waals surface area contributed by atoms with Crippen molar-refractivity contribution in [1.82, 2.24) is 10.2 Å². The molecule has 1 aliphatic rings. The van der Waals surface area contributed by atoms with Crippen molar-refractivity contribution in [3.8, 4) is 0 Å². The summed E-state index contributed by atoms with van der Waals surface area (Å²) in [5.74, 6) is 0.475. The molecule has 0 bridgehead atoms. The summed E-state index contributed by atoms with van der Waals surface area (Å²) in [5, 5.41) is 12.1. The van der Waals surface area contributed by atoms with Crippen molar-refractivity contribution in [2.45, 2.75) is 44.0 Å². The number of nitrogens with one attached hydrogen (secondary N) is 1. The number of piperidine rings is 1. The van der Waals surface area contributed by atoms with Gasteiger partial charge in [0.1, 0.15) is 5.82 Å². The number of carbonyl (C=O) groups excluding carboxylic acids is 1. The minimum absolute atomic E-state index is 0.0948. The van der Waals surface area contributed by atoms with Gasteiger partial charge in [-0.3, -0.25) is 0 Å². The van der Waals surface area contributed by atoms with Crippen LogP contribution in [0.15, 0.2) is 18.2 Å². The lowest BCUT2D eigenvalue weighted by Crippen LogP contribution is -2.48. The van der Waals surface area contributed by atoms with Gasteiger partial charge in [-0.05, 0) is 55.2 Å². The average Bonchev–Trinajstić information content (AvgIpc) is 2.55. The molecule has 2 N–H and O–H groups in total. The second-order valence-corrected chi connectivity index (χ2v) is 6.73. The van der Waals surface area contributed by atoms with Gasteiger partial charge in [-0.2, -0.15) is 11.8 Å². The molecule has 1 aromatic rings. The van der Waals surface area contributed by atoms with E-state index in [9.17, 15) is 9.18 Å². The Kier molecular flexibility index (Phi) is 7.17. The standard InChI is InChI=1S/C17H25FN2O2S/c1-23-12-14-10-15(18)6-5-13(14)11-19-17(22)20-8-3-2-4-16(20)7-9-21/h5-6,10,16,21H,2-4,7-9,11-12H2,1H3,(H,19,22). The fraction of sp³-hybridized carbons (Fsp3) is 0.588. The SMILES string of the molecule is CSCc1cc(F)ccc1CNC(=O)N1CCCCC1CCO. The molecule has 0 radical (unpaired) electrons. The van der Waals surface area contributed by atoms with Crippen molar-refractivity contribution in [2.24, 2.45) is 0 Å². The molecular weight excluding hydrogens is 315 g/mol. The third-order valence-electron chi connectivity index (χ3n) is 4.25. The van der Waals surface area contributed by atoms with Crippen molar-refractivity contribution in [1.29, 1.82) is 0 Å². The maximum absolute atomic E-state index is 13.4. The summed E-state index contributed by atoms with van der Waals surface area (Å²) in [6.45, 7) is 1.24. The molecule has 0 spiro atoms. The van der Waals surface area contributed by atoms with Crippen LogP contribution in [0.1, 0.15) is 36.8 Å². The predicted molar refractivity (Wildman–Crippen MR) is 91.9 cm³/mol. The highest BCUT2D eigenvalue weighted by molar-refractivity contribution is 7.97. The second-order valence-electron chi connectivity index (χ2n) is 5.86. The van der Waals surface area contributed by atoms with Gasteiger partial charge in [0.2, 0.25) is 0 Å². The highest BCUT2D eigenvalue weighted by atomic mass is 32.2. The van der Waals surface area contributed by atoms with E-state index < -0.39 is 0 Å². The van der Waals surface area contributed by atoms with Gasteiger partial charge >= 0.3 is 6.03 Å². The zero-order chi connectivity index (χ0) is 16.7. The third kappa shape index (κ3) is 5.11. The predicted octanol–water partition coefficient (Wildman–Crippen LogP) is 3.14. The summed E-state index contributed by atoms with van der Waals surface area (Å²) in [6.07, 6.45) is 5.65. The normalized spacial score (nSPS) is 18.0. The van der Waals surface area contributed by atoms with Crippen LogP contribution in [0.4, 0.5) is 9.18 Å². The van der Waals surface area contributed by atoms with Gasteiger partial charge in [0.25, 0.3) is 0 Å². The van der Waals surface area contributed by atoms with E-state index in [2.05, 4.69) is 5.32 Å². The quantitative estimate of drug-likeness (QED) is 0.836. The smallest absolute Gasteiger partial charge is 0.317 e. The van der Waals surface area contributed by atoms with Crippen molar-refractivity contribution in [2.75, 3.05) is 19.4 Å². The molecule has 0 aromatic heterocycles. The number of hydrogen-bond acceptors (Lipinski definition) is 3. The molecule has 1 aromatic carbocycles. The number of thioether (sulfide) groups is 1. The number of amides is 2. The van der Waals surface area contributed by atoms with Gasteiger partial charge in [-0.1, -0.05) is 6.07 Å². The first-order chi connectivity index (χ1) is 11.2. The number of urea groups is 1. The second kappa shape index (κ2) is 9.13. The van der Waals surface area contributed by atoms with Crippen LogP contribution in [0.3, 0.4) is 0 Å². The number of hydrogen-bond donors (Lipinski definition) is 2. The first-order valence-electron chi connectivity index (χ1n) is 8.07. The van der Waals surface area contributed by atoms with E-state index in [0.717, 1.165) is 42.7 Å². The van der Waals surface area contributed by atoms with Crippen LogP contribution in [-0.4, -0.2) is 41.5 Å². The Labute approximate surface area is 141 Å². The molecule has 1 fully saturated rings. The molecular formula is C17H25FN2O2S. The van der Waals surface area contributed by atoms with E-state index >= 15 is 0 Å². The number of benzene rings is 1. The van der Waals surface area contributed by atoms with Crippen LogP contribution < -0.4 is 5.32 Å². The van der Waals surface area contributed by atoms with Crippen molar-refractivity contribution < 1.29 is 14.3 Å². The first kappa shape index (κ1) is 18.1. The zero-order valence-electron chi connectivity index (χ0n) is 13.6. The molecule has 0 saturated carbocycles. The minimum atomic E-state index is -0.247. The lowest BCUT2D eigenvalue weighted by Gasteiger charge is -2.35. The van der Waals surface area contributed by atoms with Crippen LogP contribution in [0.2, 0.25) is 0 Å². The molecule has 23 heavy (non-hydrogen) atoms. The molecule has 1 aliphatic heterocycles. The van der Waals surface area contributed by atoms with Gasteiger partial charge in [0, 0.05) is 31.5 Å². The summed E-state index contributed by atoms with van der Waals surface area (Å²) < 4.78 is 13.4. The van der Waals surface area contributed by atoms with Gasteiger partial charge in [0.05, 0.1) is 0 Å². The Bertz CT molecular complexity index is 525. The summed E-state index contributed by atoms with van der Waals surface area (Å²) >= 11 is 1.63. The van der Waals surface area contributed by atoms with E-state index in [1.165, 1.54) is 12.1 Å². The largest absolute Gasteiger partial charge is 0.396 e. The molecule has 1 saturated heterocycles. The lowest BCUT2D eigenvalue weighted by molar-refractivity contribution is 0.131.